The predicted molar refractivity (Wildman–Crippen MR) is 210 cm³/mol. The summed E-state index contributed by atoms with van der Waals surface area (Å²) in [7, 11) is 0. The first-order chi connectivity index (χ1) is 25.8. The van der Waals surface area contributed by atoms with Crippen molar-refractivity contribution in [3.8, 4) is 22.8 Å². The van der Waals surface area contributed by atoms with E-state index in [4.69, 9.17) is 23.8 Å². The maximum Gasteiger partial charge on any atom is 0.164 e. The minimum absolute atomic E-state index is 0.0786. The van der Waals surface area contributed by atoms with Crippen LogP contribution in [0, 0.1) is 5.92 Å². The van der Waals surface area contributed by atoms with Gasteiger partial charge in [-0.2, -0.15) is 0 Å². The van der Waals surface area contributed by atoms with Crippen molar-refractivity contribution >= 4 is 60.2 Å². The highest BCUT2D eigenvalue weighted by Gasteiger charge is 2.31. The molecule has 2 aliphatic carbocycles. The highest BCUT2D eigenvalue weighted by molar-refractivity contribution is 6.12. The summed E-state index contributed by atoms with van der Waals surface area (Å²) in [5.41, 5.74) is 8.69. The first-order valence-corrected chi connectivity index (χ1v) is 17.6. The number of aromatic nitrogens is 3. The first-order valence-electron chi connectivity index (χ1n) is 17.6. The maximum absolute atomic E-state index is 6.30. The van der Waals surface area contributed by atoms with E-state index in [1.165, 1.54) is 21.9 Å². The lowest BCUT2D eigenvalue weighted by Gasteiger charge is -2.30. The van der Waals surface area contributed by atoms with Crippen LogP contribution in [0.15, 0.2) is 178 Å². The Morgan fingerprint density at radius 3 is 1.98 bits per heavy atom. The van der Waals surface area contributed by atoms with Crippen molar-refractivity contribution in [1.29, 1.82) is 0 Å². The average Bonchev–Trinajstić information content (AvgIpc) is 3.79. The van der Waals surface area contributed by atoms with Crippen LogP contribution >= 0.6 is 0 Å². The summed E-state index contributed by atoms with van der Waals surface area (Å²) in [6, 6.07) is 43.7. The van der Waals surface area contributed by atoms with E-state index in [2.05, 4.69) is 121 Å². The molecule has 2 unspecified atom stereocenters. The van der Waals surface area contributed by atoms with Crippen LogP contribution in [0.2, 0.25) is 0 Å². The van der Waals surface area contributed by atoms with E-state index >= 15 is 0 Å². The van der Waals surface area contributed by atoms with Crippen molar-refractivity contribution in [2.45, 2.75) is 5.92 Å². The summed E-state index contributed by atoms with van der Waals surface area (Å²) >= 11 is 0. The van der Waals surface area contributed by atoms with Crippen LogP contribution in [0.3, 0.4) is 0 Å². The number of allylic oxidation sites excluding steroid dienone is 8. The molecule has 0 amide bonds. The Bertz CT molecular complexity index is 3050. The fourth-order valence-electron chi connectivity index (χ4n) is 8.17. The zero-order valence-electron chi connectivity index (χ0n) is 27.9. The molecule has 0 saturated carbocycles. The molecule has 3 aromatic heterocycles. The normalized spacial score (nSPS) is 16.9. The number of para-hydroxylation sites is 2. The van der Waals surface area contributed by atoms with Gasteiger partial charge in [0.1, 0.15) is 22.3 Å². The van der Waals surface area contributed by atoms with Gasteiger partial charge in [0.05, 0.1) is 0 Å². The van der Waals surface area contributed by atoms with Crippen molar-refractivity contribution in [3.63, 3.8) is 0 Å². The number of rotatable bonds is 4. The van der Waals surface area contributed by atoms with Gasteiger partial charge in [-0.25, -0.2) is 15.0 Å². The highest BCUT2D eigenvalue weighted by atomic mass is 16.3. The quantitative estimate of drug-likeness (QED) is 0.187. The van der Waals surface area contributed by atoms with Crippen LogP contribution in [-0.2, 0) is 0 Å². The molecule has 0 fully saturated rings. The highest BCUT2D eigenvalue weighted by Crippen LogP contribution is 2.46. The second kappa shape index (κ2) is 11.3. The molecule has 0 aliphatic heterocycles. The maximum atomic E-state index is 6.30. The van der Waals surface area contributed by atoms with Crippen molar-refractivity contribution < 1.29 is 8.83 Å². The number of fused-ring (bicyclic) bond motifs is 8. The Hall–Kier alpha value is -6.85. The zero-order valence-corrected chi connectivity index (χ0v) is 27.9. The van der Waals surface area contributed by atoms with Gasteiger partial charge in [-0.3, -0.25) is 0 Å². The monoisotopic (exact) mass is 667 g/mol. The van der Waals surface area contributed by atoms with E-state index in [-0.39, 0.29) is 11.8 Å². The lowest BCUT2D eigenvalue weighted by atomic mass is 9.73. The van der Waals surface area contributed by atoms with Gasteiger partial charge in [0.25, 0.3) is 0 Å². The van der Waals surface area contributed by atoms with Gasteiger partial charge in [0.15, 0.2) is 17.5 Å². The van der Waals surface area contributed by atoms with Crippen molar-refractivity contribution in [3.05, 3.63) is 181 Å². The summed E-state index contributed by atoms with van der Waals surface area (Å²) < 4.78 is 12.6. The molecule has 244 valence electrons. The van der Waals surface area contributed by atoms with Crippen LogP contribution in [0.1, 0.15) is 17.3 Å². The molecular weight excluding hydrogens is 639 g/mol. The molecule has 2 atom stereocenters. The van der Waals surface area contributed by atoms with E-state index < -0.39 is 0 Å². The second-order valence-corrected chi connectivity index (χ2v) is 13.5. The topological polar surface area (TPSA) is 65.0 Å². The molecule has 2 aliphatic rings. The average molecular weight is 668 g/mol. The SMILES string of the molecule is C1=CC2=C(c3nc(-c4ccc5ccccc5c4)nc(-c4cccc5oc6ccccc6c45)n3)C=CC(c3cccc4oc5ccccc5c34)C2C=C1. The molecule has 6 aromatic carbocycles. The van der Waals surface area contributed by atoms with Crippen LogP contribution in [0.4, 0.5) is 0 Å². The Morgan fingerprint density at radius 1 is 0.462 bits per heavy atom. The molecule has 0 radical (unpaired) electrons. The Morgan fingerprint density at radius 2 is 1.13 bits per heavy atom. The molecule has 52 heavy (non-hydrogen) atoms. The molecule has 0 N–H and O–H groups in total. The summed E-state index contributed by atoms with van der Waals surface area (Å²) in [6.45, 7) is 0. The fourth-order valence-corrected chi connectivity index (χ4v) is 8.17. The Balaban J connectivity index is 1.12. The van der Waals surface area contributed by atoms with Gasteiger partial charge in [-0.15, -0.1) is 0 Å². The third kappa shape index (κ3) is 4.46. The number of furan rings is 2. The summed E-state index contributed by atoms with van der Waals surface area (Å²) in [5, 5.41) is 6.64. The molecule has 11 rings (SSSR count). The minimum Gasteiger partial charge on any atom is -0.456 e. The van der Waals surface area contributed by atoms with Crippen molar-refractivity contribution in [2.75, 3.05) is 0 Å². The predicted octanol–water partition coefficient (Wildman–Crippen LogP) is 12.0. The molecule has 5 heteroatoms. The standard InChI is InChI=1S/C47H29N3O2/c1-2-12-29-27-30(24-23-28(29)11-1)45-48-46(50-47(49-45)38-18-10-22-42-44(38)37-16-6-8-20-40(37)52-42)35-26-25-33(31-13-3-4-14-32(31)35)34-17-9-21-41-43(34)36-15-5-7-19-39(36)51-41/h1-27,31,33H. The third-order valence-electron chi connectivity index (χ3n) is 10.6. The van der Waals surface area contributed by atoms with E-state index in [0.29, 0.717) is 17.5 Å². The molecular formula is C47H29N3O2. The summed E-state index contributed by atoms with van der Waals surface area (Å²) in [6.07, 6.45) is 13.3. The molecule has 0 spiro atoms. The second-order valence-electron chi connectivity index (χ2n) is 13.5. The van der Waals surface area contributed by atoms with Gasteiger partial charge in [0, 0.05) is 50.1 Å². The third-order valence-corrected chi connectivity index (χ3v) is 10.6. The molecule has 0 bridgehead atoms. The van der Waals surface area contributed by atoms with E-state index in [9.17, 15) is 0 Å². The molecule has 0 saturated heterocycles. The van der Waals surface area contributed by atoms with Crippen LogP contribution in [0.5, 0.6) is 0 Å². The molecule has 3 heterocycles. The van der Waals surface area contributed by atoms with Gasteiger partial charge >= 0.3 is 0 Å². The Kier molecular flexibility index (Phi) is 6.31. The lowest BCUT2D eigenvalue weighted by Crippen LogP contribution is -2.18. The van der Waals surface area contributed by atoms with Crippen LogP contribution in [0.25, 0.3) is 83.0 Å². The van der Waals surface area contributed by atoms with Gasteiger partial charge in [0.2, 0.25) is 0 Å². The van der Waals surface area contributed by atoms with Gasteiger partial charge in [-0.05, 0) is 52.2 Å². The fraction of sp³-hybridized carbons (Fsp3) is 0.0426. The van der Waals surface area contributed by atoms with Crippen molar-refractivity contribution in [2.24, 2.45) is 5.92 Å². The number of hydrogen-bond acceptors (Lipinski definition) is 5. The zero-order chi connectivity index (χ0) is 34.2. The summed E-state index contributed by atoms with van der Waals surface area (Å²) in [4.78, 5) is 15.7. The largest absolute Gasteiger partial charge is 0.456 e. The van der Waals surface area contributed by atoms with Gasteiger partial charge < -0.3 is 8.83 Å². The number of hydrogen-bond donors (Lipinski definition) is 0. The summed E-state index contributed by atoms with van der Waals surface area (Å²) in [5.74, 6) is 2.04. The number of benzene rings is 6. The first kappa shape index (κ1) is 28.9. The molecule has 9 aromatic rings. The minimum atomic E-state index is 0.0786. The van der Waals surface area contributed by atoms with E-state index in [0.717, 1.165) is 60.6 Å². The Labute approximate surface area is 298 Å². The van der Waals surface area contributed by atoms with Gasteiger partial charge in [-0.1, -0.05) is 134 Å². The smallest absolute Gasteiger partial charge is 0.164 e. The van der Waals surface area contributed by atoms with Crippen LogP contribution in [-0.4, -0.2) is 15.0 Å². The van der Waals surface area contributed by atoms with Crippen LogP contribution < -0.4 is 0 Å². The lowest BCUT2D eigenvalue weighted by molar-refractivity contribution is 0.662. The number of nitrogens with zero attached hydrogens (tertiary/aromatic N) is 3. The van der Waals surface area contributed by atoms with E-state index in [1.807, 2.05) is 42.5 Å². The van der Waals surface area contributed by atoms with E-state index in [1.54, 1.807) is 0 Å². The molecule has 5 nitrogen and oxygen atoms in total. The van der Waals surface area contributed by atoms with Crippen molar-refractivity contribution in [1.82, 2.24) is 15.0 Å².